The Morgan fingerprint density at radius 2 is 2.00 bits per heavy atom. The van der Waals surface area contributed by atoms with Crippen molar-refractivity contribution in [1.82, 2.24) is 10.2 Å². The van der Waals surface area contributed by atoms with Gasteiger partial charge in [0, 0.05) is 12.6 Å². The lowest BCUT2D eigenvalue weighted by atomic mass is 10.0. The van der Waals surface area contributed by atoms with E-state index in [-0.39, 0.29) is 0 Å². The maximum absolute atomic E-state index is 5.21. The van der Waals surface area contributed by atoms with Gasteiger partial charge in [0.2, 0.25) is 0 Å². The third-order valence-electron chi connectivity index (χ3n) is 1.83. The highest BCUT2D eigenvalue weighted by Gasteiger charge is 2.10. The van der Waals surface area contributed by atoms with Crippen LogP contribution in [0, 0.1) is 18.3 Å². The standard InChI is InChI=1S/C11H22N2/c1-6-7-12-11(8-10(2)3)9-13(4)5/h1,10-12H,7-9H2,2-5H3. The zero-order chi connectivity index (χ0) is 10.3. The number of nitrogens with zero attached hydrogens (tertiary/aromatic N) is 1. The molecule has 1 atom stereocenters. The molecular weight excluding hydrogens is 160 g/mol. The van der Waals surface area contributed by atoms with Crippen molar-refractivity contribution in [3.63, 3.8) is 0 Å². The van der Waals surface area contributed by atoms with Crippen molar-refractivity contribution < 1.29 is 0 Å². The van der Waals surface area contributed by atoms with E-state index in [1.54, 1.807) is 0 Å². The van der Waals surface area contributed by atoms with E-state index in [1.807, 2.05) is 0 Å². The quantitative estimate of drug-likeness (QED) is 0.621. The van der Waals surface area contributed by atoms with Gasteiger partial charge in [0.25, 0.3) is 0 Å². The second-order valence-corrected chi connectivity index (χ2v) is 4.17. The number of hydrogen-bond acceptors (Lipinski definition) is 2. The highest BCUT2D eigenvalue weighted by Crippen LogP contribution is 2.04. The summed E-state index contributed by atoms with van der Waals surface area (Å²) in [4.78, 5) is 2.19. The Morgan fingerprint density at radius 3 is 2.38 bits per heavy atom. The second kappa shape index (κ2) is 6.94. The van der Waals surface area contributed by atoms with E-state index in [1.165, 1.54) is 6.42 Å². The van der Waals surface area contributed by atoms with Gasteiger partial charge in [0.05, 0.1) is 6.54 Å². The van der Waals surface area contributed by atoms with Gasteiger partial charge >= 0.3 is 0 Å². The van der Waals surface area contributed by atoms with Gasteiger partial charge in [-0.15, -0.1) is 6.42 Å². The zero-order valence-corrected chi connectivity index (χ0v) is 9.30. The normalized spacial score (nSPS) is 13.3. The predicted octanol–water partition coefficient (Wildman–Crippen LogP) is 1.19. The van der Waals surface area contributed by atoms with Gasteiger partial charge in [0.1, 0.15) is 0 Å². The molecule has 0 aromatic heterocycles. The first-order chi connectivity index (χ1) is 6.06. The number of likely N-dealkylation sites (N-methyl/N-ethyl adjacent to an activating group) is 1. The molecule has 0 aliphatic carbocycles. The van der Waals surface area contributed by atoms with Crippen LogP contribution in [0.1, 0.15) is 20.3 Å². The van der Waals surface area contributed by atoms with E-state index in [2.05, 4.69) is 44.1 Å². The smallest absolute Gasteiger partial charge is 0.0576 e. The molecule has 0 spiro atoms. The van der Waals surface area contributed by atoms with E-state index in [0.29, 0.717) is 12.6 Å². The summed E-state index contributed by atoms with van der Waals surface area (Å²) in [5.41, 5.74) is 0. The Kier molecular flexibility index (Phi) is 6.66. The summed E-state index contributed by atoms with van der Waals surface area (Å²) in [6.07, 6.45) is 6.39. The lowest BCUT2D eigenvalue weighted by Crippen LogP contribution is -2.39. The average Bonchev–Trinajstić information content (AvgIpc) is 1.98. The molecule has 0 fully saturated rings. The fraction of sp³-hybridized carbons (Fsp3) is 0.818. The van der Waals surface area contributed by atoms with Crippen LogP contribution in [0.3, 0.4) is 0 Å². The molecule has 2 heteroatoms. The molecule has 0 amide bonds. The van der Waals surface area contributed by atoms with Crippen molar-refractivity contribution in [2.24, 2.45) is 5.92 Å². The fourth-order valence-corrected chi connectivity index (χ4v) is 1.44. The number of rotatable bonds is 6. The molecule has 1 N–H and O–H groups in total. The highest BCUT2D eigenvalue weighted by molar-refractivity contribution is 4.88. The molecule has 0 aliphatic heterocycles. The molecule has 0 aromatic rings. The first-order valence-electron chi connectivity index (χ1n) is 4.87. The van der Waals surface area contributed by atoms with E-state index in [0.717, 1.165) is 12.5 Å². The van der Waals surface area contributed by atoms with Crippen LogP contribution in [-0.4, -0.2) is 38.1 Å². The molecule has 13 heavy (non-hydrogen) atoms. The van der Waals surface area contributed by atoms with Gasteiger partial charge in [-0.2, -0.15) is 0 Å². The summed E-state index contributed by atoms with van der Waals surface area (Å²) in [7, 11) is 4.18. The summed E-state index contributed by atoms with van der Waals surface area (Å²) in [5.74, 6) is 3.33. The molecule has 0 aromatic carbocycles. The second-order valence-electron chi connectivity index (χ2n) is 4.17. The molecular formula is C11H22N2. The Bertz CT molecular complexity index is 146. The van der Waals surface area contributed by atoms with Gasteiger partial charge in [-0.05, 0) is 26.4 Å². The van der Waals surface area contributed by atoms with Crippen LogP contribution in [0.2, 0.25) is 0 Å². The first kappa shape index (κ1) is 12.5. The minimum atomic E-state index is 0.519. The molecule has 0 bridgehead atoms. The van der Waals surface area contributed by atoms with Crippen molar-refractivity contribution in [1.29, 1.82) is 0 Å². The van der Waals surface area contributed by atoms with Crippen LogP contribution in [0.5, 0.6) is 0 Å². The maximum atomic E-state index is 5.21. The van der Waals surface area contributed by atoms with Crippen LogP contribution in [0.4, 0.5) is 0 Å². The predicted molar refractivity (Wildman–Crippen MR) is 58.6 cm³/mol. The van der Waals surface area contributed by atoms with Crippen molar-refractivity contribution >= 4 is 0 Å². The van der Waals surface area contributed by atoms with Crippen molar-refractivity contribution in [3.8, 4) is 12.3 Å². The minimum absolute atomic E-state index is 0.519. The summed E-state index contributed by atoms with van der Waals surface area (Å²) in [6, 6.07) is 0.519. The monoisotopic (exact) mass is 182 g/mol. The van der Waals surface area contributed by atoms with E-state index >= 15 is 0 Å². The molecule has 0 rings (SSSR count). The maximum Gasteiger partial charge on any atom is 0.0576 e. The van der Waals surface area contributed by atoms with Crippen molar-refractivity contribution in [2.45, 2.75) is 26.3 Å². The SMILES string of the molecule is C#CCNC(CC(C)C)CN(C)C. The lowest BCUT2D eigenvalue weighted by molar-refractivity contribution is 0.313. The van der Waals surface area contributed by atoms with Crippen molar-refractivity contribution in [2.75, 3.05) is 27.2 Å². The Balaban J connectivity index is 3.81. The molecule has 0 radical (unpaired) electrons. The first-order valence-corrected chi connectivity index (χ1v) is 4.87. The number of terminal acetylenes is 1. The topological polar surface area (TPSA) is 15.3 Å². The van der Waals surface area contributed by atoms with E-state index in [4.69, 9.17) is 6.42 Å². The van der Waals surface area contributed by atoms with Gasteiger partial charge in [-0.25, -0.2) is 0 Å². The number of nitrogens with one attached hydrogen (secondary N) is 1. The van der Waals surface area contributed by atoms with Crippen LogP contribution >= 0.6 is 0 Å². The minimum Gasteiger partial charge on any atom is -0.308 e. The van der Waals surface area contributed by atoms with Crippen LogP contribution in [-0.2, 0) is 0 Å². The largest absolute Gasteiger partial charge is 0.308 e. The van der Waals surface area contributed by atoms with Gasteiger partial charge < -0.3 is 10.2 Å². The third-order valence-corrected chi connectivity index (χ3v) is 1.83. The van der Waals surface area contributed by atoms with Gasteiger partial charge in [-0.3, -0.25) is 0 Å². The summed E-state index contributed by atoms with van der Waals surface area (Å²) >= 11 is 0. The number of hydrogen-bond donors (Lipinski definition) is 1. The van der Waals surface area contributed by atoms with E-state index in [9.17, 15) is 0 Å². The summed E-state index contributed by atoms with van der Waals surface area (Å²) in [5, 5.41) is 3.35. The average molecular weight is 182 g/mol. The summed E-state index contributed by atoms with van der Waals surface area (Å²) < 4.78 is 0. The molecule has 0 saturated heterocycles. The lowest BCUT2D eigenvalue weighted by Gasteiger charge is -2.23. The Morgan fingerprint density at radius 1 is 1.38 bits per heavy atom. The molecule has 0 saturated carbocycles. The van der Waals surface area contributed by atoms with Gasteiger partial charge in [-0.1, -0.05) is 19.8 Å². The van der Waals surface area contributed by atoms with Crippen molar-refractivity contribution in [3.05, 3.63) is 0 Å². The fourth-order valence-electron chi connectivity index (χ4n) is 1.44. The molecule has 2 nitrogen and oxygen atoms in total. The van der Waals surface area contributed by atoms with E-state index < -0.39 is 0 Å². The van der Waals surface area contributed by atoms with Gasteiger partial charge in [0.15, 0.2) is 0 Å². The Labute approximate surface area is 82.7 Å². The summed E-state index contributed by atoms with van der Waals surface area (Å²) in [6.45, 7) is 6.20. The molecule has 1 unspecified atom stereocenters. The molecule has 76 valence electrons. The van der Waals surface area contributed by atoms with Crippen LogP contribution < -0.4 is 5.32 Å². The third kappa shape index (κ3) is 7.83. The molecule has 0 aliphatic rings. The zero-order valence-electron chi connectivity index (χ0n) is 9.30. The van der Waals surface area contributed by atoms with Crippen LogP contribution in [0.25, 0.3) is 0 Å². The highest BCUT2D eigenvalue weighted by atomic mass is 15.1. The van der Waals surface area contributed by atoms with Crippen LogP contribution in [0.15, 0.2) is 0 Å². The Hall–Kier alpha value is -0.520. The molecule has 0 heterocycles.